The van der Waals surface area contributed by atoms with Crippen LogP contribution in [0.4, 0.5) is 0 Å². The molecule has 1 heterocycles. The normalized spacial score (nSPS) is 17.3. The number of sulfonamides is 1. The summed E-state index contributed by atoms with van der Waals surface area (Å²) in [6.45, 7) is 1.79. The molecular formula is C14H20BrNO4S. The van der Waals surface area contributed by atoms with Gasteiger partial charge in [-0.05, 0) is 52.4 Å². The number of benzene rings is 1. The lowest BCUT2D eigenvalue weighted by atomic mass is 10.0. The standard InChI is InChI=1S/C14H20BrNO4S/c1-16(9-11-4-6-20-7-5-11)21(18,19)14-3-2-12(10-17)8-13(14)15/h2-3,8,11,17H,4-7,9-10H2,1H3. The quantitative estimate of drug-likeness (QED) is 0.851. The van der Waals surface area contributed by atoms with E-state index in [1.54, 1.807) is 19.2 Å². The molecule has 1 saturated heterocycles. The molecule has 2 rings (SSSR count). The third-order valence-electron chi connectivity index (χ3n) is 3.72. The van der Waals surface area contributed by atoms with Crippen molar-refractivity contribution in [3.05, 3.63) is 28.2 Å². The van der Waals surface area contributed by atoms with Crippen molar-refractivity contribution in [2.75, 3.05) is 26.8 Å². The van der Waals surface area contributed by atoms with E-state index in [4.69, 9.17) is 9.84 Å². The maximum atomic E-state index is 12.6. The molecule has 0 spiro atoms. The van der Waals surface area contributed by atoms with Gasteiger partial charge in [-0.1, -0.05) is 6.07 Å². The topological polar surface area (TPSA) is 66.8 Å². The molecule has 1 aliphatic rings. The van der Waals surface area contributed by atoms with Crippen molar-refractivity contribution in [1.82, 2.24) is 4.31 Å². The van der Waals surface area contributed by atoms with E-state index in [-0.39, 0.29) is 11.5 Å². The molecule has 0 bridgehead atoms. The van der Waals surface area contributed by atoms with Crippen LogP contribution in [0.5, 0.6) is 0 Å². The lowest BCUT2D eigenvalue weighted by Crippen LogP contribution is -2.34. The molecule has 1 aromatic rings. The first-order chi connectivity index (χ1) is 9.95. The van der Waals surface area contributed by atoms with Gasteiger partial charge in [0.25, 0.3) is 0 Å². The first-order valence-electron chi connectivity index (χ1n) is 6.88. The fourth-order valence-electron chi connectivity index (χ4n) is 2.41. The van der Waals surface area contributed by atoms with E-state index in [1.807, 2.05) is 0 Å². The zero-order valence-electron chi connectivity index (χ0n) is 12.0. The van der Waals surface area contributed by atoms with Gasteiger partial charge in [-0.15, -0.1) is 0 Å². The van der Waals surface area contributed by atoms with E-state index < -0.39 is 10.0 Å². The second-order valence-electron chi connectivity index (χ2n) is 5.26. The Labute approximate surface area is 134 Å². The third-order valence-corrected chi connectivity index (χ3v) is 6.52. The molecule has 5 nitrogen and oxygen atoms in total. The van der Waals surface area contributed by atoms with Crippen molar-refractivity contribution in [1.29, 1.82) is 0 Å². The number of aliphatic hydroxyl groups is 1. The zero-order chi connectivity index (χ0) is 15.5. The molecule has 0 aliphatic carbocycles. The summed E-state index contributed by atoms with van der Waals surface area (Å²) in [6, 6.07) is 4.79. The molecule has 21 heavy (non-hydrogen) atoms. The van der Waals surface area contributed by atoms with Crippen LogP contribution in [0.2, 0.25) is 0 Å². The molecule has 0 unspecified atom stereocenters. The van der Waals surface area contributed by atoms with E-state index in [1.165, 1.54) is 10.4 Å². The molecule has 7 heteroatoms. The van der Waals surface area contributed by atoms with Crippen LogP contribution >= 0.6 is 15.9 Å². The predicted octanol–water partition coefficient (Wildman–Crippen LogP) is 1.99. The van der Waals surface area contributed by atoms with Gasteiger partial charge in [0.15, 0.2) is 0 Å². The Morgan fingerprint density at radius 2 is 2.05 bits per heavy atom. The number of halogens is 1. The van der Waals surface area contributed by atoms with Crippen molar-refractivity contribution in [2.24, 2.45) is 5.92 Å². The number of ether oxygens (including phenoxy) is 1. The average Bonchev–Trinajstić information content (AvgIpc) is 2.47. The number of rotatable bonds is 5. The molecule has 1 aromatic carbocycles. The number of hydrogen-bond donors (Lipinski definition) is 1. The Morgan fingerprint density at radius 3 is 2.62 bits per heavy atom. The highest BCUT2D eigenvalue weighted by Crippen LogP contribution is 2.27. The third kappa shape index (κ3) is 4.04. The molecule has 1 fully saturated rings. The predicted molar refractivity (Wildman–Crippen MR) is 83.4 cm³/mol. The van der Waals surface area contributed by atoms with Crippen LogP contribution in [0.3, 0.4) is 0 Å². The maximum Gasteiger partial charge on any atom is 0.243 e. The lowest BCUT2D eigenvalue weighted by Gasteiger charge is -2.27. The van der Waals surface area contributed by atoms with Crippen LogP contribution in [0.15, 0.2) is 27.6 Å². The molecule has 0 atom stereocenters. The van der Waals surface area contributed by atoms with Gasteiger partial charge in [-0.25, -0.2) is 12.7 Å². The van der Waals surface area contributed by atoms with Crippen molar-refractivity contribution in [3.8, 4) is 0 Å². The van der Waals surface area contributed by atoms with Crippen LogP contribution in [-0.4, -0.2) is 44.6 Å². The smallest absolute Gasteiger partial charge is 0.243 e. The van der Waals surface area contributed by atoms with Crippen LogP contribution < -0.4 is 0 Å². The fraction of sp³-hybridized carbons (Fsp3) is 0.571. The molecule has 0 saturated carbocycles. The Hall–Kier alpha value is -0.470. The van der Waals surface area contributed by atoms with Gasteiger partial charge in [-0.3, -0.25) is 0 Å². The number of aliphatic hydroxyl groups excluding tert-OH is 1. The summed E-state index contributed by atoms with van der Waals surface area (Å²) >= 11 is 3.28. The highest BCUT2D eigenvalue weighted by atomic mass is 79.9. The summed E-state index contributed by atoms with van der Waals surface area (Å²) in [5.41, 5.74) is 0.674. The van der Waals surface area contributed by atoms with Crippen LogP contribution in [0.1, 0.15) is 18.4 Å². The average molecular weight is 378 g/mol. The van der Waals surface area contributed by atoms with E-state index in [0.29, 0.717) is 35.7 Å². The second-order valence-corrected chi connectivity index (χ2v) is 8.13. The van der Waals surface area contributed by atoms with Gasteiger partial charge in [-0.2, -0.15) is 0 Å². The van der Waals surface area contributed by atoms with Gasteiger partial charge >= 0.3 is 0 Å². The fourth-order valence-corrected chi connectivity index (χ4v) is 4.74. The lowest BCUT2D eigenvalue weighted by molar-refractivity contribution is 0.0620. The maximum absolute atomic E-state index is 12.6. The van der Waals surface area contributed by atoms with Crippen LogP contribution in [-0.2, 0) is 21.4 Å². The molecular weight excluding hydrogens is 358 g/mol. The Morgan fingerprint density at radius 1 is 1.38 bits per heavy atom. The Kier molecular flexibility index (Phi) is 5.79. The summed E-state index contributed by atoms with van der Waals surface area (Å²) < 4.78 is 32.4. The van der Waals surface area contributed by atoms with E-state index in [0.717, 1.165) is 12.8 Å². The molecule has 118 valence electrons. The van der Waals surface area contributed by atoms with Crippen molar-refractivity contribution < 1.29 is 18.3 Å². The minimum atomic E-state index is -3.53. The first kappa shape index (κ1) is 16.9. The minimum absolute atomic E-state index is 0.114. The molecule has 1 N–H and O–H groups in total. The Balaban J connectivity index is 2.16. The highest BCUT2D eigenvalue weighted by molar-refractivity contribution is 9.10. The largest absolute Gasteiger partial charge is 0.392 e. The SMILES string of the molecule is CN(CC1CCOCC1)S(=O)(=O)c1ccc(CO)cc1Br. The van der Waals surface area contributed by atoms with Gasteiger partial charge in [0, 0.05) is 31.3 Å². The van der Waals surface area contributed by atoms with Gasteiger partial charge in [0.1, 0.15) is 0 Å². The van der Waals surface area contributed by atoms with Crippen molar-refractivity contribution in [2.45, 2.75) is 24.3 Å². The van der Waals surface area contributed by atoms with Crippen molar-refractivity contribution >= 4 is 26.0 Å². The molecule has 0 amide bonds. The van der Waals surface area contributed by atoms with Crippen LogP contribution in [0.25, 0.3) is 0 Å². The summed E-state index contributed by atoms with van der Waals surface area (Å²) in [5.74, 6) is 0.342. The molecule has 1 aliphatic heterocycles. The Bertz CT molecular complexity index is 585. The van der Waals surface area contributed by atoms with Crippen molar-refractivity contribution in [3.63, 3.8) is 0 Å². The van der Waals surface area contributed by atoms with E-state index in [2.05, 4.69) is 15.9 Å². The number of nitrogens with zero attached hydrogens (tertiary/aromatic N) is 1. The van der Waals surface area contributed by atoms with Gasteiger partial charge < -0.3 is 9.84 Å². The van der Waals surface area contributed by atoms with E-state index in [9.17, 15) is 8.42 Å². The zero-order valence-corrected chi connectivity index (χ0v) is 14.4. The summed E-state index contributed by atoms with van der Waals surface area (Å²) in [6.07, 6.45) is 1.79. The molecule has 0 radical (unpaired) electrons. The monoisotopic (exact) mass is 377 g/mol. The highest BCUT2D eigenvalue weighted by Gasteiger charge is 2.26. The van der Waals surface area contributed by atoms with Crippen LogP contribution in [0, 0.1) is 5.92 Å². The van der Waals surface area contributed by atoms with Gasteiger partial charge in [0.2, 0.25) is 10.0 Å². The minimum Gasteiger partial charge on any atom is -0.392 e. The van der Waals surface area contributed by atoms with E-state index >= 15 is 0 Å². The summed E-state index contributed by atoms with van der Waals surface area (Å²) in [4.78, 5) is 0.231. The summed E-state index contributed by atoms with van der Waals surface area (Å²) in [5, 5.41) is 9.09. The summed E-state index contributed by atoms with van der Waals surface area (Å²) in [7, 11) is -1.92. The first-order valence-corrected chi connectivity index (χ1v) is 9.12. The number of hydrogen-bond acceptors (Lipinski definition) is 4. The molecule has 0 aromatic heterocycles. The second kappa shape index (κ2) is 7.19. The van der Waals surface area contributed by atoms with Gasteiger partial charge in [0.05, 0.1) is 11.5 Å².